The van der Waals surface area contributed by atoms with Crippen LogP contribution in [0, 0.1) is 12.8 Å². The Labute approximate surface area is 163 Å². The minimum Gasteiger partial charge on any atom is -0.300 e. The number of benzene rings is 1. The van der Waals surface area contributed by atoms with E-state index in [4.69, 9.17) is 0 Å². The van der Waals surface area contributed by atoms with Crippen molar-refractivity contribution >= 4 is 32.4 Å². The Morgan fingerprint density at radius 1 is 1.29 bits per heavy atom. The van der Waals surface area contributed by atoms with Crippen molar-refractivity contribution in [3.63, 3.8) is 0 Å². The minimum absolute atomic E-state index is 0.0518. The Hall–Kier alpha value is -2.05. The van der Waals surface area contributed by atoms with Crippen molar-refractivity contribution in [1.82, 2.24) is 14.5 Å². The molecule has 1 saturated heterocycles. The third-order valence-corrected chi connectivity index (χ3v) is 7.00. The quantitative estimate of drug-likeness (QED) is 0.799. The van der Waals surface area contributed by atoms with Crippen molar-refractivity contribution in [2.45, 2.75) is 30.8 Å². The smallest absolute Gasteiger partial charge is 0.300 e. The number of carbonyl (C=O) groups excluding carboxylic acids is 1. The van der Waals surface area contributed by atoms with Crippen LogP contribution >= 0.6 is 11.3 Å². The van der Waals surface area contributed by atoms with E-state index in [9.17, 15) is 26.4 Å². The second-order valence-corrected chi connectivity index (χ2v) is 9.40. The van der Waals surface area contributed by atoms with Crippen molar-refractivity contribution in [3.8, 4) is 0 Å². The minimum atomic E-state index is -4.80. The van der Waals surface area contributed by atoms with Crippen molar-refractivity contribution in [2.24, 2.45) is 5.92 Å². The second-order valence-electron chi connectivity index (χ2n) is 6.31. The van der Waals surface area contributed by atoms with Crippen LogP contribution in [-0.4, -0.2) is 41.9 Å². The first kappa shape index (κ1) is 20.7. The maximum absolute atomic E-state index is 13.2. The molecule has 1 aromatic heterocycles. The fraction of sp³-hybridized carbons (Fsp3) is 0.438. The molecular formula is C16H17F3N4O3S2. The predicted octanol–water partition coefficient (Wildman–Crippen LogP) is 2.90. The highest BCUT2D eigenvalue weighted by atomic mass is 32.2. The van der Waals surface area contributed by atoms with Gasteiger partial charge in [-0.3, -0.25) is 4.79 Å². The van der Waals surface area contributed by atoms with E-state index < -0.39 is 38.5 Å². The Balaban J connectivity index is 1.81. The number of halogens is 3. The molecular weight excluding hydrogens is 417 g/mol. The highest BCUT2D eigenvalue weighted by Gasteiger charge is 2.40. The number of aromatic nitrogens is 2. The maximum Gasteiger partial charge on any atom is 0.417 e. The van der Waals surface area contributed by atoms with Gasteiger partial charge in [0.25, 0.3) is 0 Å². The fourth-order valence-electron chi connectivity index (χ4n) is 2.99. The molecule has 0 spiro atoms. The molecule has 1 N–H and O–H groups in total. The number of nitrogens with zero attached hydrogens (tertiary/aromatic N) is 3. The molecule has 0 bridgehead atoms. The molecule has 0 unspecified atom stereocenters. The number of anilines is 1. The van der Waals surface area contributed by atoms with Gasteiger partial charge in [-0.05, 0) is 31.9 Å². The molecule has 0 aliphatic carbocycles. The predicted molar refractivity (Wildman–Crippen MR) is 96.2 cm³/mol. The van der Waals surface area contributed by atoms with Gasteiger partial charge >= 0.3 is 6.18 Å². The Morgan fingerprint density at radius 3 is 2.64 bits per heavy atom. The van der Waals surface area contributed by atoms with Gasteiger partial charge in [0.1, 0.15) is 5.01 Å². The summed E-state index contributed by atoms with van der Waals surface area (Å²) in [6.07, 6.45) is -4.01. The Kier molecular flexibility index (Phi) is 5.73. The first-order chi connectivity index (χ1) is 13.1. The van der Waals surface area contributed by atoms with Crippen LogP contribution in [0.15, 0.2) is 29.2 Å². The summed E-state index contributed by atoms with van der Waals surface area (Å²) in [5, 5.41) is 11.1. The van der Waals surface area contributed by atoms with E-state index in [1.807, 2.05) is 0 Å². The van der Waals surface area contributed by atoms with E-state index in [1.165, 1.54) is 17.4 Å². The van der Waals surface area contributed by atoms with E-state index in [0.29, 0.717) is 23.0 Å². The molecule has 1 aliphatic heterocycles. The summed E-state index contributed by atoms with van der Waals surface area (Å²) < 4.78 is 66.4. The van der Waals surface area contributed by atoms with Crippen molar-refractivity contribution in [3.05, 3.63) is 34.8 Å². The summed E-state index contributed by atoms with van der Waals surface area (Å²) >= 11 is 1.18. The molecule has 2 heterocycles. The van der Waals surface area contributed by atoms with Crippen LogP contribution in [0.25, 0.3) is 0 Å². The van der Waals surface area contributed by atoms with Crippen molar-refractivity contribution in [2.75, 3.05) is 18.4 Å². The average molecular weight is 434 g/mol. The van der Waals surface area contributed by atoms with E-state index in [1.54, 1.807) is 6.92 Å². The number of hydrogen-bond donors (Lipinski definition) is 1. The molecule has 12 heteroatoms. The molecule has 1 aromatic carbocycles. The highest BCUT2D eigenvalue weighted by molar-refractivity contribution is 7.89. The van der Waals surface area contributed by atoms with Gasteiger partial charge in [-0.2, -0.15) is 17.5 Å². The number of amides is 1. The van der Waals surface area contributed by atoms with Crippen LogP contribution < -0.4 is 5.32 Å². The molecule has 0 radical (unpaired) electrons. The normalized spacial score (nSPS) is 18.8. The van der Waals surface area contributed by atoms with Gasteiger partial charge in [-0.15, -0.1) is 10.2 Å². The number of piperidine rings is 1. The molecule has 152 valence electrons. The standard InChI is InChI=1S/C16H17F3N4O3S2/c1-10-21-22-15(27-10)20-14(24)11-5-4-8-23(9-11)28(25,26)13-7-3-2-6-12(13)16(17,18)19/h2-3,6-7,11H,4-5,8-9H2,1H3,(H,20,22,24)/t11-/m0/s1. The average Bonchev–Trinajstić information content (AvgIpc) is 3.06. The number of sulfonamides is 1. The molecule has 1 amide bonds. The third-order valence-electron chi connectivity index (χ3n) is 4.32. The lowest BCUT2D eigenvalue weighted by molar-refractivity contribution is -0.140. The third kappa shape index (κ3) is 4.33. The lowest BCUT2D eigenvalue weighted by Crippen LogP contribution is -2.44. The molecule has 7 nitrogen and oxygen atoms in total. The van der Waals surface area contributed by atoms with Crippen LogP contribution in [-0.2, 0) is 21.0 Å². The van der Waals surface area contributed by atoms with Gasteiger partial charge in [0.15, 0.2) is 0 Å². The van der Waals surface area contributed by atoms with E-state index in [0.717, 1.165) is 22.5 Å². The molecule has 1 fully saturated rings. The van der Waals surface area contributed by atoms with Gasteiger partial charge in [0, 0.05) is 13.1 Å². The zero-order chi connectivity index (χ0) is 20.5. The van der Waals surface area contributed by atoms with Crippen LogP contribution in [0.5, 0.6) is 0 Å². The maximum atomic E-state index is 13.2. The van der Waals surface area contributed by atoms with Gasteiger partial charge < -0.3 is 5.32 Å². The monoisotopic (exact) mass is 434 g/mol. The van der Waals surface area contributed by atoms with Crippen LogP contribution in [0.3, 0.4) is 0 Å². The SMILES string of the molecule is Cc1nnc(NC(=O)[C@H]2CCCN(S(=O)(=O)c3ccccc3C(F)(F)F)C2)s1. The Morgan fingerprint density at radius 2 is 2.00 bits per heavy atom. The van der Waals surface area contributed by atoms with Crippen LogP contribution in [0.4, 0.5) is 18.3 Å². The van der Waals surface area contributed by atoms with Crippen LogP contribution in [0.1, 0.15) is 23.4 Å². The van der Waals surface area contributed by atoms with Crippen molar-refractivity contribution in [1.29, 1.82) is 0 Å². The summed E-state index contributed by atoms with van der Waals surface area (Å²) in [6.45, 7) is 1.58. The largest absolute Gasteiger partial charge is 0.417 e. The summed E-state index contributed by atoms with van der Waals surface area (Å²) in [6, 6.07) is 4.05. The zero-order valence-corrected chi connectivity index (χ0v) is 16.4. The lowest BCUT2D eigenvalue weighted by Gasteiger charge is -2.31. The van der Waals surface area contributed by atoms with Gasteiger partial charge in [0.05, 0.1) is 16.4 Å². The summed E-state index contributed by atoms with van der Waals surface area (Å²) in [4.78, 5) is 11.6. The fourth-order valence-corrected chi connectivity index (χ4v) is 5.32. The highest BCUT2D eigenvalue weighted by Crippen LogP contribution is 2.36. The number of carbonyl (C=O) groups is 1. The van der Waals surface area contributed by atoms with Gasteiger partial charge in [0.2, 0.25) is 21.1 Å². The summed E-state index contributed by atoms with van der Waals surface area (Å²) in [7, 11) is -4.40. The molecule has 28 heavy (non-hydrogen) atoms. The van der Waals surface area contributed by atoms with Gasteiger partial charge in [-0.1, -0.05) is 23.5 Å². The van der Waals surface area contributed by atoms with E-state index >= 15 is 0 Å². The lowest BCUT2D eigenvalue weighted by atomic mass is 9.99. The molecule has 2 aromatic rings. The number of hydrogen-bond acceptors (Lipinski definition) is 6. The first-order valence-corrected chi connectivity index (χ1v) is 10.6. The second kappa shape index (κ2) is 7.76. The molecule has 1 aliphatic rings. The topological polar surface area (TPSA) is 92.3 Å². The zero-order valence-electron chi connectivity index (χ0n) is 14.7. The Bertz CT molecular complexity index is 976. The van der Waals surface area contributed by atoms with Crippen LogP contribution in [0.2, 0.25) is 0 Å². The van der Waals surface area contributed by atoms with Gasteiger partial charge in [-0.25, -0.2) is 8.42 Å². The first-order valence-electron chi connectivity index (χ1n) is 8.36. The summed E-state index contributed by atoms with van der Waals surface area (Å²) in [5.41, 5.74) is -1.22. The van der Waals surface area contributed by atoms with E-state index in [-0.39, 0.29) is 13.1 Å². The van der Waals surface area contributed by atoms with Crippen molar-refractivity contribution < 1.29 is 26.4 Å². The number of nitrogens with one attached hydrogen (secondary N) is 1. The summed E-state index contributed by atoms with van der Waals surface area (Å²) in [5.74, 6) is -1.12. The molecule has 0 saturated carbocycles. The molecule has 1 atom stereocenters. The number of alkyl halides is 3. The number of aryl methyl sites for hydroxylation is 1. The number of rotatable bonds is 4. The molecule has 3 rings (SSSR count). The van der Waals surface area contributed by atoms with E-state index in [2.05, 4.69) is 15.5 Å².